The number of benzene rings is 2. The molecule has 0 spiro atoms. The molecule has 166 valence electrons. The van der Waals surface area contributed by atoms with Crippen LogP contribution < -0.4 is 9.47 Å². The maximum atomic E-state index is 11.2. The normalized spacial score (nSPS) is 13.4. The summed E-state index contributed by atoms with van der Waals surface area (Å²) >= 11 is 3.26. The van der Waals surface area contributed by atoms with Crippen LogP contribution in [-0.2, 0) is 0 Å². The van der Waals surface area contributed by atoms with Crippen LogP contribution in [0.25, 0.3) is 0 Å². The molecule has 31 heavy (non-hydrogen) atoms. The van der Waals surface area contributed by atoms with Crippen LogP contribution in [0.15, 0.2) is 83.4 Å². The van der Waals surface area contributed by atoms with Crippen LogP contribution in [0.4, 0.5) is 0 Å². The fourth-order valence-corrected chi connectivity index (χ4v) is 3.03. The highest BCUT2D eigenvalue weighted by molar-refractivity contribution is 9.10. The maximum Gasteiger partial charge on any atom is 0.339 e. The van der Waals surface area contributed by atoms with E-state index in [1.807, 2.05) is 56.3 Å². The molecule has 0 amide bonds. The third-order valence-corrected chi connectivity index (χ3v) is 4.40. The Labute approximate surface area is 194 Å². The monoisotopic (exact) mass is 486 g/mol. The number of unbranched alkanes of at least 4 members (excludes halogenated alkanes) is 1. The number of ether oxygens (including phenoxy) is 2. The molecule has 1 atom stereocenters. The van der Waals surface area contributed by atoms with Crippen molar-refractivity contribution in [3.8, 4) is 11.5 Å². The molecule has 0 aromatic heterocycles. The molecular formula is C26H31BrO4. The number of aromatic carboxylic acids is 1. The molecule has 0 fully saturated rings. The van der Waals surface area contributed by atoms with E-state index in [0.717, 1.165) is 18.4 Å². The molecular weight excluding hydrogens is 456 g/mol. The van der Waals surface area contributed by atoms with E-state index >= 15 is 0 Å². The van der Waals surface area contributed by atoms with Crippen LogP contribution in [-0.4, -0.2) is 11.1 Å². The summed E-state index contributed by atoms with van der Waals surface area (Å²) in [6.45, 7) is 11.8. The van der Waals surface area contributed by atoms with Crippen LogP contribution in [0, 0.1) is 0 Å². The van der Waals surface area contributed by atoms with Crippen LogP contribution in [0.2, 0.25) is 0 Å². The molecule has 1 aliphatic rings. The lowest BCUT2D eigenvalue weighted by molar-refractivity contribution is 0.0471. The van der Waals surface area contributed by atoms with E-state index in [9.17, 15) is 9.90 Å². The van der Waals surface area contributed by atoms with Crippen molar-refractivity contribution >= 4 is 21.9 Å². The van der Waals surface area contributed by atoms with E-state index in [1.165, 1.54) is 11.6 Å². The van der Waals surface area contributed by atoms with Crippen molar-refractivity contribution < 1.29 is 19.4 Å². The van der Waals surface area contributed by atoms with Gasteiger partial charge in [0, 0.05) is 10.0 Å². The minimum absolute atomic E-state index is 0.0859. The highest BCUT2D eigenvalue weighted by Gasteiger charge is 2.30. The zero-order valence-corrected chi connectivity index (χ0v) is 20.2. The largest absolute Gasteiger partial charge is 0.478 e. The Bertz CT molecular complexity index is 897. The predicted octanol–water partition coefficient (Wildman–Crippen LogP) is 8.12. The zero-order chi connectivity index (χ0) is 23.2. The average Bonchev–Trinajstić information content (AvgIpc) is 3.19. The van der Waals surface area contributed by atoms with Crippen molar-refractivity contribution in [1.29, 1.82) is 0 Å². The predicted molar refractivity (Wildman–Crippen MR) is 131 cm³/mol. The van der Waals surface area contributed by atoms with Crippen LogP contribution in [0.5, 0.6) is 11.5 Å². The summed E-state index contributed by atoms with van der Waals surface area (Å²) < 4.78 is 11.9. The highest BCUT2D eigenvalue weighted by Crippen LogP contribution is 2.44. The first-order valence-electron chi connectivity index (χ1n) is 10.3. The summed E-state index contributed by atoms with van der Waals surface area (Å²) in [5, 5.41) is 9.17. The van der Waals surface area contributed by atoms with E-state index in [-0.39, 0.29) is 11.3 Å². The fourth-order valence-electron chi connectivity index (χ4n) is 2.59. The molecule has 4 nitrogen and oxygen atoms in total. The highest BCUT2D eigenvalue weighted by atomic mass is 79.9. The maximum absolute atomic E-state index is 11.2. The minimum atomic E-state index is -1.05. The third-order valence-electron chi connectivity index (χ3n) is 3.94. The van der Waals surface area contributed by atoms with Crippen LogP contribution in [0.3, 0.4) is 0 Å². The van der Waals surface area contributed by atoms with Gasteiger partial charge in [0.15, 0.2) is 11.5 Å². The third kappa shape index (κ3) is 8.85. The number of hydrogen-bond donors (Lipinski definition) is 1. The Kier molecular flexibility index (Phi) is 12.1. The van der Waals surface area contributed by atoms with Gasteiger partial charge in [0.2, 0.25) is 0 Å². The number of carboxylic acids is 1. The second-order valence-electron chi connectivity index (χ2n) is 6.59. The lowest BCUT2D eigenvalue weighted by Crippen LogP contribution is -2.08. The summed E-state index contributed by atoms with van der Waals surface area (Å²) in [5.74, 6) is -0.347. The van der Waals surface area contributed by atoms with Gasteiger partial charge in [-0.05, 0) is 38.8 Å². The number of carbonyl (C=O) groups is 1. The van der Waals surface area contributed by atoms with Crippen molar-refractivity contribution in [2.24, 2.45) is 0 Å². The van der Waals surface area contributed by atoms with E-state index in [2.05, 4.69) is 48.5 Å². The van der Waals surface area contributed by atoms with Gasteiger partial charge in [0.25, 0.3) is 6.29 Å². The molecule has 0 saturated heterocycles. The van der Waals surface area contributed by atoms with Crippen LogP contribution in [0.1, 0.15) is 62.7 Å². The Morgan fingerprint density at radius 2 is 1.81 bits per heavy atom. The number of halogens is 1. The average molecular weight is 487 g/mol. The van der Waals surface area contributed by atoms with Crippen molar-refractivity contribution in [2.75, 3.05) is 0 Å². The lowest BCUT2D eigenvalue weighted by atomic mass is 10.2. The standard InChI is InChI=1S/C14H9BrO4.C10H16.C2H6/c15-9-6-10(13(16)17)12-11(7-9)18-14(19-12)8-4-2-1-3-5-8;1-4-5-6-7-8-9-10(2)3;1-2/h1-7,14H,(H,16,17);4-6,9H,1,7-8H2,2-3H3;1-2H3/b;6-5-;. The molecule has 5 heteroatoms. The molecule has 3 rings (SSSR count). The number of allylic oxidation sites excluding steroid dienone is 5. The van der Waals surface area contributed by atoms with Gasteiger partial charge in [0.05, 0.1) is 0 Å². The van der Waals surface area contributed by atoms with E-state index in [1.54, 1.807) is 6.07 Å². The first-order chi connectivity index (χ1) is 14.9. The van der Waals surface area contributed by atoms with Crippen molar-refractivity contribution in [2.45, 2.75) is 46.8 Å². The number of hydrogen-bond acceptors (Lipinski definition) is 3. The molecule has 0 bridgehead atoms. The van der Waals surface area contributed by atoms with Gasteiger partial charge in [-0.2, -0.15) is 0 Å². The molecule has 1 N–H and O–H groups in total. The Balaban J connectivity index is 0.000000343. The van der Waals surface area contributed by atoms with Gasteiger partial charge in [-0.15, -0.1) is 0 Å². The van der Waals surface area contributed by atoms with Gasteiger partial charge in [-0.25, -0.2) is 4.79 Å². The first kappa shape index (κ1) is 26.2. The summed E-state index contributed by atoms with van der Waals surface area (Å²) in [7, 11) is 0. The van der Waals surface area contributed by atoms with E-state index in [0.29, 0.717) is 10.2 Å². The summed E-state index contributed by atoms with van der Waals surface area (Å²) in [6.07, 6.45) is 9.83. The molecule has 0 saturated carbocycles. The molecule has 0 radical (unpaired) electrons. The molecule has 2 aromatic rings. The van der Waals surface area contributed by atoms with Crippen molar-refractivity contribution in [3.05, 3.63) is 94.5 Å². The Morgan fingerprint density at radius 1 is 1.13 bits per heavy atom. The van der Waals surface area contributed by atoms with Crippen molar-refractivity contribution in [1.82, 2.24) is 0 Å². The van der Waals surface area contributed by atoms with Crippen LogP contribution >= 0.6 is 15.9 Å². The second kappa shape index (κ2) is 14.3. The topological polar surface area (TPSA) is 55.8 Å². The molecule has 1 heterocycles. The second-order valence-corrected chi connectivity index (χ2v) is 7.50. The fraction of sp³-hybridized carbons (Fsp3) is 0.269. The lowest BCUT2D eigenvalue weighted by Gasteiger charge is -2.09. The first-order valence-corrected chi connectivity index (χ1v) is 11.1. The van der Waals surface area contributed by atoms with E-state index in [4.69, 9.17) is 9.47 Å². The quantitative estimate of drug-likeness (QED) is 0.254. The van der Waals surface area contributed by atoms with Gasteiger partial charge in [0.1, 0.15) is 5.56 Å². The zero-order valence-electron chi connectivity index (χ0n) is 18.6. The van der Waals surface area contributed by atoms with E-state index < -0.39 is 12.3 Å². The summed E-state index contributed by atoms with van der Waals surface area (Å²) in [4.78, 5) is 11.2. The van der Waals surface area contributed by atoms with Crippen molar-refractivity contribution in [3.63, 3.8) is 0 Å². The molecule has 1 unspecified atom stereocenters. The summed E-state index contributed by atoms with van der Waals surface area (Å²) in [6, 6.07) is 12.6. The Morgan fingerprint density at radius 3 is 2.39 bits per heavy atom. The van der Waals surface area contributed by atoms with Gasteiger partial charge in [-0.3, -0.25) is 0 Å². The van der Waals surface area contributed by atoms with Gasteiger partial charge >= 0.3 is 5.97 Å². The smallest absolute Gasteiger partial charge is 0.339 e. The van der Waals surface area contributed by atoms with Gasteiger partial charge in [-0.1, -0.05) is 96.6 Å². The molecule has 2 aromatic carbocycles. The molecule has 1 aliphatic heterocycles. The van der Waals surface area contributed by atoms with Gasteiger partial charge < -0.3 is 14.6 Å². The molecule has 0 aliphatic carbocycles. The summed E-state index contributed by atoms with van der Waals surface area (Å²) in [5.41, 5.74) is 2.32. The number of rotatable bonds is 6. The number of carboxylic acid groups (broad SMARTS) is 1. The minimum Gasteiger partial charge on any atom is -0.478 e. The number of fused-ring (bicyclic) bond motifs is 1. The Hall–Kier alpha value is -2.79. The SMILES string of the molecule is C=C/C=C\CCC=C(C)C.CC.O=C(O)c1cc(Br)cc2c1OC(c1ccccc1)O2.